The number of aliphatic imine (C=N–C) groups is 1. The minimum atomic E-state index is -0.588. The van der Waals surface area contributed by atoms with Crippen LogP contribution in [0.25, 0.3) is 0 Å². The highest BCUT2D eigenvalue weighted by Crippen LogP contribution is 2.50. The molecule has 6 heteroatoms. The van der Waals surface area contributed by atoms with Gasteiger partial charge in [0.15, 0.2) is 0 Å². The van der Waals surface area contributed by atoms with Crippen molar-refractivity contribution in [2.75, 3.05) is 13.7 Å². The lowest BCUT2D eigenvalue weighted by Gasteiger charge is -2.24. The smallest absolute Gasteiger partial charge is 0.213 e. The minimum Gasteiger partial charge on any atom is -0.490 e. The molecule has 3 heterocycles. The predicted octanol–water partition coefficient (Wildman–Crippen LogP) is 1.28. The van der Waals surface area contributed by atoms with Gasteiger partial charge in [-0.25, -0.2) is 15.8 Å². The second kappa shape index (κ2) is 4.20. The van der Waals surface area contributed by atoms with Crippen LogP contribution in [-0.2, 0) is 5.41 Å². The Morgan fingerprint density at radius 2 is 2.14 bits per heavy atom. The van der Waals surface area contributed by atoms with Gasteiger partial charge >= 0.3 is 0 Å². The summed E-state index contributed by atoms with van der Waals surface area (Å²) in [7, 11) is 1.59. The number of benzene rings is 1. The second-order valence-corrected chi connectivity index (χ2v) is 5.02. The Bertz CT molecular complexity index is 759. The maximum atomic E-state index is 5.83. The number of nitrogens with zero attached hydrogens (tertiary/aromatic N) is 2. The summed E-state index contributed by atoms with van der Waals surface area (Å²) >= 11 is 0. The lowest BCUT2D eigenvalue weighted by atomic mass is 9.79. The van der Waals surface area contributed by atoms with E-state index in [-0.39, 0.29) is 0 Å². The molecule has 4 rings (SSSR count). The van der Waals surface area contributed by atoms with Crippen molar-refractivity contribution in [2.24, 2.45) is 10.8 Å². The van der Waals surface area contributed by atoms with Crippen molar-refractivity contribution in [2.45, 2.75) is 5.41 Å². The van der Waals surface area contributed by atoms with Crippen LogP contribution in [0, 0.1) is 0 Å². The predicted molar refractivity (Wildman–Crippen MR) is 77.9 cm³/mol. The summed E-state index contributed by atoms with van der Waals surface area (Å²) in [5.74, 6) is 7.61. The van der Waals surface area contributed by atoms with Crippen molar-refractivity contribution >= 4 is 11.5 Å². The molecule has 1 unspecified atom stereocenters. The highest BCUT2D eigenvalue weighted by molar-refractivity contribution is 6.03. The molecule has 21 heavy (non-hydrogen) atoms. The van der Waals surface area contributed by atoms with Gasteiger partial charge in [-0.2, -0.15) is 0 Å². The standard InChI is InChI=1S/C15H14N4O2/c1-20-12-7-6-11-13(18-12)15(8-21-11)9-4-2-3-5-10(9)17-14(15)19-16/h2-7H,8,16H2,1H3,(H,17,19). The Morgan fingerprint density at radius 1 is 1.29 bits per heavy atom. The molecule has 1 atom stereocenters. The monoisotopic (exact) mass is 282 g/mol. The molecule has 1 aromatic carbocycles. The lowest BCUT2D eigenvalue weighted by molar-refractivity contribution is 0.324. The van der Waals surface area contributed by atoms with E-state index >= 15 is 0 Å². The summed E-state index contributed by atoms with van der Waals surface area (Å²) in [6, 6.07) is 11.6. The summed E-state index contributed by atoms with van der Waals surface area (Å²) in [5, 5.41) is 0. The number of aromatic nitrogens is 1. The normalized spacial score (nSPS) is 21.5. The zero-order valence-electron chi connectivity index (χ0n) is 11.5. The van der Waals surface area contributed by atoms with Gasteiger partial charge in [0.2, 0.25) is 5.88 Å². The molecular weight excluding hydrogens is 268 g/mol. The Balaban J connectivity index is 2.00. The van der Waals surface area contributed by atoms with Crippen LogP contribution < -0.4 is 20.7 Å². The highest BCUT2D eigenvalue weighted by Gasteiger charge is 2.52. The molecule has 1 aromatic heterocycles. The van der Waals surface area contributed by atoms with Crippen LogP contribution in [-0.4, -0.2) is 24.5 Å². The van der Waals surface area contributed by atoms with Crippen molar-refractivity contribution < 1.29 is 9.47 Å². The van der Waals surface area contributed by atoms with E-state index in [0.717, 1.165) is 22.7 Å². The van der Waals surface area contributed by atoms with Crippen LogP contribution in [0.2, 0.25) is 0 Å². The molecule has 106 valence electrons. The number of methoxy groups -OCH3 is 1. The summed E-state index contributed by atoms with van der Waals surface area (Å²) in [5.41, 5.74) is 4.82. The third kappa shape index (κ3) is 1.45. The number of hydrazine groups is 1. The zero-order valence-corrected chi connectivity index (χ0v) is 11.5. The summed E-state index contributed by atoms with van der Waals surface area (Å²) in [6.07, 6.45) is 0. The first-order chi connectivity index (χ1) is 10.3. The molecule has 0 saturated carbocycles. The molecule has 0 aliphatic carbocycles. The fourth-order valence-electron chi connectivity index (χ4n) is 3.04. The van der Waals surface area contributed by atoms with E-state index in [1.165, 1.54) is 0 Å². The first kappa shape index (κ1) is 12.2. The molecule has 2 aromatic rings. The molecule has 1 spiro atoms. The third-order valence-electron chi connectivity index (χ3n) is 4.03. The average Bonchev–Trinajstić information content (AvgIpc) is 3.07. The molecule has 0 amide bonds. The third-order valence-corrected chi connectivity index (χ3v) is 4.03. The van der Waals surface area contributed by atoms with Crippen LogP contribution in [0.15, 0.2) is 41.4 Å². The van der Waals surface area contributed by atoms with Gasteiger partial charge in [0.05, 0.1) is 12.8 Å². The Morgan fingerprint density at radius 3 is 2.95 bits per heavy atom. The van der Waals surface area contributed by atoms with E-state index in [0.29, 0.717) is 18.3 Å². The Labute approximate surface area is 121 Å². The maximum Gasteiger partial charge on any atom is 0.213 e. The van der Waals surface area contributed by atoms with Gasteiger partial charge in [-0.05, 0) is 12.1 Å². The Hall–Kier alpha value is -2.60. The van der Waals surface area contributed by atoms with E-state index in [4.69, 9.17) is 15.3 Å². The molecule has 0 radical (unpaired) electrons. The van der Waals surface area contributed by atoms with E-state index in [9.17, 15) is 0 Å². The summed E-state index contributed by atoms with van der Waals surface area (Å²) in [4.78, 5) is 9.16. The van der Waals surface area contributed by atoms with Gasteiger partial charge in [-0.3, -0.25) is 0 Å². The summed E-state index contributed by atoms with van der Waals surface area (Å²) < 4.78 is 11.1. The van der Waals surface area contributed by atoms with Crippen LogP contribution in [0.3, 0.4) is 0 Å². The molecule has 3 N–H and O–H groups in total. The van der Waals surface area contributed by atoms with Gasteiger partial charge in [0.1, 0.15) is 29.3 Å². The van der Waals surface area contributed by atoms with Gasteiger partial charge in [-0.15, -0.1) is 0 Å². The topological polar surface area (TPSA) is 81.8 Å². The van der Waals surface area contributed by atoms with Gasteiger partial charge in [-0.1, -0.05) is 18.2 Å². The second-order valence-electron chi connectivity index (χ2n) is 5.02. The molecule has 6 nitrogen and oxygen atoms in total. The first-order valence-corrected chi connectivity index (χ1v) is 6.63. The van der Waals surface area contributed by atoms with Crippen LogP contribution in [0.5, 0.6) is 11.6 Å². The number of amidine groups is 1. The van der Waals surface area contributed by atoms with E-state index in [1.807, 2.05) is 30.3 Å². The highest BCUT2D eigenvalue weighted by atomic mass is 16.5. The number of hydrogen-bond donors (Lipinski definition) is 2. The molecule has 0 saturated heterocycles. The fraction of sp³-hybridized carbons (Fsp3) is 0.200. The number of fused-ring (bicyclic) bond motifs is 4. The number of nitrogens with one attached hydrogen (secondary N) is 1. The van der Waals surface area contributed by atoms with Crippen molar-refractivity contribution in [1.82, 2.24) is 10.4 Å². The van der Waals surface area contributed by atoms with Crippen LogP contribution >= 0.6 is 0 Å². The molecule has 0 bridgehead atoms. The van der Waals surface area contributed by atoms with E-state index in [1.54, 1.807) is 13.2 Å². The maximum absolute atomic E-state index is 5.83. The van der Waals surface area contributed by atoms with Crippen molar-refractivity contribution in [1.29, 1.82) is 0 Å². The molecule has 0 fully saturated rings. The van der Waals surface area contributed by atoms with Gasteiger partial charge in [0.25, 0.3) is 0 Å². The zero-order chi connectivity index (χ0) is 14.4. The van der Waals surface area contributed by atoms with Crippen molar-refractivity contribution in [3.05, 3.63) is 47.7 Å². The molecule has 2 aliphatic rings. The SMILES string of the molecule is COc1ccc2c(n1)C1(CO2)C(NN)=Nc2ccccc21. The molecular formula is C15H14N4O2. The van der Waals surface area contributed by atoms with Gasteiger partial charge < -0.3 is 14.9 Å². The lowest BCUT2D eigenvalue weighted by Crippen LogP contribution is -2.47. The van der Waals surface area contributed by atoms with Crippen LogP contribution in [0.1, 0.15) is 11.3 Å². The summed E-state index contributed by atoms with van der Waals surface area (Å²) in [6.45, 7) is 0.419. The first-order valence-electron chi connectivity index (χ1n) is 6.63. The molecule has 2 aliphatic heterocycles. The van der Waals surface area contributed by atoms with Crippen molar-refractivity contribution in [3.63, 3.8) is 0 Å². The van der Waals surface area contributed by atoms with Gasteiger partial charge in [0, 0.05) is 11.6 Å². The van der Waals surface area contributed by atoms with E-state index < -0.39 is 5.41 Å². The number of para-hydroxylation sites is 1. The Kier molecular flexibility index (Phi) is 2.43. The largest absolute Gasteiger partial charge is 0.490 e. The number of pyridine rings is 1. The van der Waals surface area contributed by atoms with E-state index in [2.05, 4.69) is 15.4 Å². The van der Waals surface area contributed by atoms with Crippen molar-refractivity contribution in [3.8, 4) is 11.6 Å². The quantitative estimate of drug-likeness (QED) is 0.608. The number of ether oxygens (including phenoxy) is 2. The number of hydrogen-bond acceptors (Lipinski definition) is 6. The number of nitrogens with two attached hydrogens (primary N) is 1. The fourth-order valence-corrected chi connectivity index (χ4v) is 3.04. The number of rotatable bonds is 1. The minimum absolute atomic E-state index is 0.419. The van der Waals surface area contributed by atoms with Crippen LogP contribution in [0.4, 0.5) is 5.69 Å². The average molecular weight is 282 g/mol.